The molecule has 0 aromatic carbocycles. The Balaban J connectivity index is 3.09. The average Bonchev–Trinajstić information content (AvgIpc) is 2.63. The summed E-state index contributed by atoms with van der Waals surface area (Å²) in [5.41, 5.74) is 0. The minimum Gasteiger partial charge on any atom is -0.480 e. The van der Waals surface area contributed by atoms with Crippen LogP contribution in [0.2, 0.25) is 0 Å². The number of carboxylic acids is 1. The number of carbonyl (C=O) groups excluding carboxylic acids is 1. The summed E-state index contributed by atoms with van der Waals surface area (Å²) < 4.78 is 84.9. The van der Waals surface area contributed by atoms with E-state index in [-0.39, 0.29) is 4.90 Å². The summed E-state index contributed by atoms with van der Waals surface area (Å²) >= 11 is 0. The van der Waals surface area contributed by atoms with Gasteiger partial charge in [0.05, 0.1) is 11.5 Å². The topological polar surface area (TPSA) is 91.8 Å². The SMILES string of the molecule is O=C(O)CN(C(=O)C(F)(F)C(F)(F)F)C1CCS(=O)(=O)C1. The molecule has 0 aromatic rings. The largest absolute Gasteiger partial charge is 0.480 e. The van der Waals surface area contributed by atoms with Crippen LogP contribution in [0.4, 0.5) is 22.0 Å². The van der Waals surface area contributed by atoms with Crippen molar-refractivity contribution in [3.63, 3.8) is 0 Å². The number of carbonyl (C=O) groups is 2. The van der Waals surface area contributed by atoms with Crippen molar-refractivity contribution in [3.8, 4) is 0 Å². The van der Waals surface area contributed by atoms with Crippen LogP contribution in [0.15, 0.2) is 0 Å². The van der Waals surface area contributed by atoms with Gasteiger partial charge in [-0.2, -0.15) is 22.0 Å². The zero-order valence-electron chi connectivity index (χ0n) is 10.2. The Bertz CT molecular complexity index is 543. The van der Waals surface area contributed by atoms with Gasteiger partial charge in [0.2, 0.25) is 0 Å². The molecular formula is C9H10F5NO5S. The number of rotatable bonds is 4. The van der Waals surface area contributed by atoms with Gasteiger partial charge in [-0.3, -0.25) is 9.59 Å². The normalized spacial score (nSPS) is 22.0. The molecule has 12 heteroatoms. The molecule has 0 radical (unpaired) electrons. The Hall–Kier alpha value is -1.46. The van der Waals surface area contributed by atoms with Gasteiger partial charge in [-0.15, -0.1) is 0 Å². The smallest absolute Gasteiger partial charge is 0.463 e. The molecule has 0 aromatic heterocycles. The van der Waals surface area contributed by atoms with Gasteiger partial charge < -0.3 is 10.0 Å². The van der Waals surface area contributed by atoms with Crippen LogP contribution in [0.5, 0.6) is 0 Å². The van der Waals surface area contributed by atoms with Gasteiger partial charge >= 0.3 is 24.0 Å². The van der Waals surface area contributed by atoms with Crippen molar-refractivity contribution in [1.29, 1.82) is 0 Å². The number of halogens is 5. The van der Waals surface area contributed by atoms with Gasteiger partial charge in [0, 0.05) is 6.04 Å². The zero-order valence-corrected chi connectivity index (χ0v) is 11.0. The minimum atomic E-state index is -6.20. The first kappa shape index (κ1) is 17.6. The van der Waals surface area contributed by atoms with Crippen molar-refractivity contribution < 1.29 is 45.1 Å². The third-order valence-electron chi connectivity index (χ3n) is 2.84. The van der Waals surface area contributed by atoms with Crippen LogP contribution < -0.4 is 0 Å². The van der Waals surface area contributed by atoms with E-state index in [1.165, 1.54) is 0 Å². The van der Waals surface area contributed by atoms with Crippen LogP contribution in [-0.2, 0) is 19.4 Å². The van der Waals surface area contributed by atoms with E-state index in [9.17, 15) is 40.0 Å². The maximum absolute atomic E-state index is 13.0. The number of amides is 1. The lowest BCUT2D eigenvalue weighted by molar-refractivity contribution is -0.275. The summed E-state index contributed by atoms with van der Waals surface area (Å²) in [6, 6.07) is -1.52. The molecule has 1 rings (SSSR count). The zero-order chi connectivity index (χ0) is 16.6. The number of hydrogen-bond acceptors (Lipinski definition) is 4. The van der Waals surface area contributed by atoms with Crippen molar-refractivity contribution in [2.45, 2.75) is 24.6 Å². The molecule has 1 atom stereocenters. The highest BCUT2D eigenvalue weighted by molar-refractivity contribution is 7.91. The molecule has 0 bridgehead atoms. The van der Waals surface area contributed by atoms with Crippen LogP contribution in [0, 0.1) is 0 Å². The van der Waals surface area contributed by atoms with Crippen LogP contribution in [0.1, 0.15) is 6.42 Å². The predicted molar refractivity (Wildman–Crippen MR) is 57.4 cm³/mol. The molecule has 1 unspecified atom stereocenters. The Morgan fingerprint density at radius 3 is 2.05 bits per heavy atom. The molecule has 1 heterocycles. The highest BCUT2D eigenvalue weighted by Crippen LogP contribution is 2.37. The molecule has 1 saturated heterocycles. The molecule has 0 spiro atoms. The third-order valence-corrected chi connectivity index (χ3v) is 4.59. The van der Waals surface area contributed by atoms with E-state index in [0.717, 1.165) is 0 Å². The molecular weight excluding hydrogens is 329 g/mol. The lowest BCUT2D eigenvalue weighted by atomic mass is 10.1. The molecule has 0 aliphatic carbocycles. The number of nitrogens with zero attached hydrogens (tertiary/aromatic N) is 1. The molecule has 21 heavy (non-hydrogen) atoms. The van der Waals surface area contributed by atoms with Crippen LogP contribution in [-0.4, -0.2) is 66.5 Å². The highest BCUT2D eigenvalue weighted by Gasteiger charge is 2.65. The van der Waals surface area contributed by atoms with Gasteiger partial charge in [-0.1, -0.05) is 0 Å². The second-order valence-electron chi connectivity index (χ2n) is 4.46. The monoisotopic (exact) mass is 339 g/mol. The summed E-state index contributed by atoms with van der Waals surface area (Å²) in [5.74, 6) is -11.7. The summed E-state index contributed by atoms with van der Waals surface area (Å²) in [6.07, 6.45) is -6.59. The fourth-order valence-electron chi connectivity index (χ4n) is 1.84. The minimum absolute atomic E-state index is 0.236. The van der Waals surface area contributed by atoms with Gasteiger partial charge in [0.1, 0.15) is 6.54 Å². The van der Waals surface area contributed by atoms with E-state index in [1.54, 1.807) is 0 Å². The van der Waals surface area contributed by atoms with E-state index < -0.39 is 64.3 Å². The van der Waals surface area contributed by atoms with Crippen molar-refractivity contribution in [2.75, 3.05) is 18.1 Å². The number of carboxylic acid groups (broad SMARTS) is 1. The molecule has 1 fully saturated rings. The predicted octanol–water partition coefficient (Wildman–Crippen LogP) is 0.284. The van der Waals surface area contributed by atoms with E-state index in [0.29, 0.717) is 0 Å². The third kappa shape index (κ3) is 3.80. The van der Waals surface area contributed by atoms with Crippen LogP contribution in [0.25, 0.3) is 0 Å². The lowest BCUT2D eigenvalue weighted by Crippen LogP contribution is -2.56. The second-order valence-corrected chi connectivity index (χ2v) is 6.68. The van der Waals surface area contributed by atoms with Crippen molar-refractivity contribution in [1.82, 2.24) is 4.90 Å². The first-order valence-electron chi connectivity index (χ1n) is 5.46. The van der Waals surface area contributed by atoms with E-state index in [1.807, 2.05) is 0 Å². The quantitative estimate of drug-likeness (QED) is 0.743. The van der Waals surface area contributed by atoms with Gasteiger partial charge in [-0.25, -0.2) is 8.42 Å². The average molecular weight is 339 g/mol. The molecule has 1 amide bonds. The first-order chi connectivity index (χ1) is 9.28. The molecule has 1 aliphatic heterocycles. The Morgan fingerprint density at radius 2 is 1.71 bits per heavy atom. The Morgan fingerprint density at radius 1 is 1.19 bits per heavy atom. The van der Waals surface area contributed by atoms with E-state index in [4.69, 9.17) is 5.11 Å². The van der Waals surface area contributed by atoms with Crippen molar-refractivity contribution in [3.05, 3.63) is 0 Å². The molecule has 6 nitrogen and oxygen atoms in total. The number of hydrogen-bond donors (Lipinski definition) is 1. The fraction of sp³-hybridized carbons (Fsp3) is 0.778. The summed E-state index contributed by atoms with van der Waals surface area (Å²) in [7, 11) is -3.70. The molecule has 122 valence electrons. The number of sulfone groups is 1. The van der Waals surface area contributed by atoms with Crippen LogP contribution >= 0.6 is 0 Å². The van der Waals surface area contributed by atoms with E-state index >= 15 is 0 Å². The maximum Gasteiger partial charge on any atom is 0.463 e. The lowest BCUT2D eigenvalue weighted by Gasteiger charge is -2.30. The highest BCUT2D eigenvalue weighted by atomic mass is 32.2. The maximum atomic E-state index is 13.0. The number of alkyl halides is 5. The Kier molecular flexibility index (Phi) is 4.51. The summed E-state index contributed by atoms with van der Waals surface area (Å²) in [5, 5.41) is 8.52. The Labute approximate surface area is 115 Å². The second kappa shape index (κ2) is 5.39. The van der Waals surface area contributed by atoms with Crippen molar-refractivity contribution >= 4 is 21.7 Å². The summed E-state index contributed by atoms with van der Waals surface area (Å²) in [6.45, 7) is -1.44. The molecule has 0 saturated carbocycles. The standard InChI is InChI=1S/C9H10F5NO5S/c10-8(11,9(12,13)14)7(18)15(3-6(16)17)5-1-2-21(19,20)4-5/h5H,1-4H2,(H,16,17). The first-order valence-corrected chi connectivity index (χ1v) is 7.28. The van der Waals surface area contributed by atoms with Gasteiger partial charge in [0.25, 0.3) is 0 Å². The van der Waals surface area contributed by atoms with Gasteiger partial charge in [0.15, 0.2) is 9.84 Å². The molecule has 1 aliphatic rings. The van der Waals surface area contributed by atoms with Gasteiger partial charge in [-0.05, 0) is 6.42 Å². The van der Waals surface area contributed by atoms with E-state index in [2.05, 4.69) is 0 Å². The molecule has 1 N–H and O–H groups in total. The van der Waals surface area contributed by atoms with Crippen LogP contribution in [0.3, 0.4) is 0 Å². The summed E-state index contributed by atoms with van der Waals surface area (Å²) in [4.78, 5) is 21.6. The number of aliphatic carboxylic acids is 1. The van der Waals surface area contributed by atoms with Crippen molar-refractivity contribution in [2.24, 2.45) is 0 Å². The fourth-order valence-corrected chi connectivity index (χ4v) is 3.57.